The molecule has 0 saturated heterocycles. The number of benzene rings is 1. The van der Waals surface area contributed by atoms with Crippen molar-refractivity contribution in [2.24, 2.45) is 0 Å². The van der Waals surface area contributed by atoms with Crippen LogP contribution in [0, 0.1) is 13.8 Å². The van der Waals surface area contributed by atoms with Crippen molar-refractivity contribution >= 4 is 38.9 Å². The number of aryl methyl sites for hydroxylation is 2. The maximum atomic E-state index is 11.9. The van der Waals surface area contributed by atoms with Crippen molar-refractivity contribution in [2.75, 3.05) is 5.32 Å². The molecule has 3 nitrogen and oxygen atoms in total. The molecule has 0 saturated carbocycles. The normalized spacial score (nSPS) is 10.4. The van der Waals surface area contributed by atoms with Gasteiger partial charge in [-0.25, -0.2) is 4.98 Å². The van der Waals surface area contributed by atoms with Gasteiger partial charge in [0.1, 0.15) is 0 Å². The van der Waals surface area contributed by atoms with Crippen LogP contribution in [0.4, 0.5) is 5.69 Å². The predicted molar refractivity (Wildman–Crippen MR) is 78.1 cm³/mol. The highest BCUT2D eigenvalue weighted by atomic mass is 79.9. The fraction of sp³-hybridized carbons (Fsp3) is 0.231. The molecule has 0 radical (unpaired) electrons. The van der Waals surface area contributed by atoms with Gasteiger partial charge >= 0.3 is 0 Å². The minimum absolute atomic E-state index is 0.00669. The Kier molecular flexibility index (Phi) is 4.14. The van der Waals surface area contributed by atoms with Gasteiger partial charge in [0.25, 0.3) is 0 Å². The van der Waals surface area contributed by atoms with Gasteiger partial charge in [-0.2, -0.15) is 0 Å². The molecule has 0 aliphatic heterocycles. The van der Waals surface area contributed by atoms with Crippen LogP contribution >= 0.6 is 27.3 Å². The number of nitrogens with one attached hydrogen (secondary N) is 1. The number of carbonyl (C=O) groups is 1. The molecule has 18 heavy (non-hydrogen) atoms. The predicted octanol–water partition coefficient (Wildman–Crippen LogP) is 3.70. The van der Waals surface area contributed by atoms with Crippen molar-refractivity contribution in [3.63, 3.8) is 0 Å². The van der Waals surface area contributed by atoms with Gasteiger partial charge < -0.3 is 5.32 Å². The minimum atomic E-state index is -0.00669. The summed E-state index contributed by atoms with van der Waals surface area (Å²) in [5.74, 6) is -0.00669. The largest absolute Gasteiger partial charge is 0.326 e. The number of carbonyl (C=O) groups excluding carboxylic acids is 1. The van der Waals surface area contributed by atoms with E-state index in [0.717, 1.165) is 26.3 Å². The molecule has 0 aliphatic rings. The molecule has 5 heteroatoms. The fourth-order valence-corrected chi connectivity index (χ4v) is 2.85. The summed E-state index contributed by atoms with van der Waals surface area (Å²) < 4.78 is 1.01. The van der Waals surface area contributed by atoms with Crippen LogP contribution in [0.5, 0.6) is 0 Å². The van der Waals surface area contributed by atoms with E-state index < -0.39 is 0 Å². The van der Waals surface area contributed by atoms with Gasteiger partial charge in [-0.1, -0.05) is 15.9 Å². The molecule has 94 valence electrons. The van der Waals surface area contributed by atoms with E-state index in [2.05, 4.69) is 26.2 Å². The lowest BCUT2D eigenvalue weighted by atomic mass is 10.2. The molecule has 1 amide bonds. The molecule has 0 fully saturated rings. The van der Waals surface area contributed by atoms with Crippen LogP contribution in [0.3, 0.4) is 0 Å². The molecule has 2 aromatic rings. The maximum Gasteiger partial charge on any atom is 0.229 e. The molecule has 1 heterocycles. The molecular weight excluding hydrogens is 312 g/mol. The van der Waals surface area contributed by atoms with Gasteiger partial charge in [0.15, 0.2) is 0 Å². The summed E-state index contributed by atoms with van der Waals surface area (Å²) in [5, 5.41) is 2.92. The number of nitrogens with zero attached hydrogens (tertiary/aromatic N) is 1. The van der Waals surface area contributed by atoms with E-state index in [0.29, 0.717) is 6.42 Å². The van der Waals surface area contributed by atoms with Gasteiger partial charge in [0, 0.05) is 15.0 Å². The summed E-state index contributed by atoms with van der Waals surface area (Å²) in [4.78, 5) is 17.1. The lowest BCUT2D eigenvalue weighted by Crippen LogP contribution is -2.15. The molecule has 1 aromatic heterocycles. The average molecular weight is 325 g/mol. The maximum absolute atomic E-state index is 11.9. The van der Waals surface area contributed by atoms with E-state index >= 15 is 0 Å². The van der Waals surface area contributed by atoms with E-state index in [1.807, 2.05) is 32.0 Å². The zero-order valence-corrected chi connectivity index (χ0v) is 12.6. The first-order valence-electron chi connectivity index (χ1n) is 5.51. The minimum Gasteiger partial charge on any atom is -0.326 e. The third kappa shape index (κ3) is 3.17. The first-order chi connectivity index (χ1) is 8.56. The third-order valence-electron chi connectivity index (χ3n) is 2.63. The van der Waals surface area contributed by atoms with Crippen LogP contribution in [0.25, 0.3) is 0 Å². The zero-order chi connectivity index (χ0) is 13.1. The Hall–Kier alpha value is -1.20. The van der Waals surface area contributed by atoms with Crippen LogP contribution in [-0.2, 0) is 11.2 Å². The topological polar surface area (TPSA) is 42.0 Å². The Balaban J connectivity index is 2.05. The van der Waals surface area contributed by atoms with Crippen molar-refractivity contribution in [1.82, 2.24) is 4.98 Å². The molecule has 0 spiro atoms. The highest BCUT2D eigenvalue weighted by molar-refractivity contribution is 9.10. The van der Waals surface area contributed by atoms with Gasteiger partial charge in [0.05, 0.1) is 17.6 Å². The van der Waals surface area contributed by atoms with Crippen LogP contribution < -0.4 is 5.32 Å². The molecular formula is C13H13BrN2OS. The molecule has 0 aliphatic carbocycles. The number of amides is 1. The second kappa shape index (κ2) is 5.63. The Labute approximate surface area is 118 Å². The molecule has 1 N–H and O–H groups in total. The second-order valence-electron chi connectivity index (χ2n) is 4.05. The van der Waals surface area contributed by atoms with Crippen molar-refractivity contribution in [1.29, 1.82) is 0 Å². The number of hydrogen-bond acceptors (Lipinski definition) is 3. The summed E-state index contributed by atoms with van der Waals surface area (Å²) in [6.45, 7) is 3.89. The van der Waals surface area contributed by atoms with Crippen LogP contribution in [0.2, 0.25) is 0 Å². The number of aromatic nitrogens is 1. The van der Waals surface area contributed by atoms with Crippen molar-refractivity contribution in [3.05, 3.63) is 44.3 Å². The third-order valence-corrected chi connectivity index (χ3v) is 4.06. The first-order valence-corrected chi connectivity index (χ1v) is 7.18. The average Bonchev–Trinajstić information content (AvgIpc) is 2.69. The smallest absolute Gasteiger partial charge is 0.229 e. The molecule has 1 aromatic carbocycles. The summed E-state index contributed by atoms with van der Waals surface area (Å²) in [6.07, 6.45) is 0.381. The Morgan fingerprint density at radius 3 is 2.83 bits per heavy atom. The summed E-state index contributed by atoms with van der Waals surface area (Å²) in [7, 11) is 0. The van der Waals surface area contributed by atoms with Gasteiger partial charge in [-0.15, -0.1) is 11.3 Å². The summed E-state index contributed by atoms with van der Waals surface area (Å²) in [5.41, 5.74) is 4.59. The van der Waals surface area contributed by atoms with Gasteiger partial charge in [-0.05, 0) is 37.6 Å². The Morgan fingerprint density at radius 2 is 2.22 bits per heavy atom. The van der Waals surface area contributed by atoms with Crippen molar-refractivity contribution in [3.8, 4) is 0 Å². The number of hydrogen-bond donors (Lipinski definition) is 1. The number of anilines is 1. The van der Waals surface area contributed by atoms with Gasteiger partial charge in [0.2, 0.25) is 5.91 Å². The lowest BCUT2D eigenvalue weighted by Gasteiger charge is -2.08. The van der Waals surface area contributed by atoms with Crippen molar-refractivity contribution < 1.29 is 4.79 Å². The van der Waals surface area contributed by atoms with E-state index in [1.165, 1.54) is 11.3 Å². The van der Waals surface area contributed by atoms with E-state index in [-0.39, 0.29) is 5.91 Å². The molecule has 0 atom stereocenters. The highest BCUT2D eigenvalue weighted by Gasteiger charge is 2.09. The first kappa shape index (κ1) is 13.2. The fourth-order valence-electron chi connectivity index (χ4n) is 1.60. The molecule has 0 bridgehead atoms. The standard InChI is InChI=1S/C13H13BrN2OS/c1-8-5-10(14)3-4-11(8)16-13(17)6-12-9(2)15-7-18-12/h3-5,7H,6H2,1-2H3,(H,16,17). The Morgan fingerprint density at radius 1 is 1.44 bits per heavy atom. The highest BCUT2D eigenvalue weighted by Crippen LogP contribution is 2.20. The SMILES string of the molecule is Cc1cc(Br)ccc1NC(=O)Cc1scnc1C. The number of rotatable bonds is 3. The molecule has 2 rings (SSSR count). The quantitative estimate of drug-likeness (QED) is 0.935. The zero-order valence-electron chi connectivity index (χ0n) is 10.2. The second-order valence-corrected chi connectivity index (χ2v) is 5.90. The van der Waals surface area contributed by atoms with Crippen LogP contribution in [-0.4, -0.2) is 10.9 Å². The van der Waals surface area contributed by atoms with E-state index in [1.54, 1.807) is 5.51 Å². The van der Waals surface area contributed by atoms with Crippen LogP contribution in [0.15, 0.2) is 28.2 Å². The lowest BCUT2D eigenvalue weighted by molar-refractivity contribution is -0.115. The van der Waals surface area contributed by atoms with E-state index in [9.17, 15) is 4.79 Å². The van der Waals surface area contributed by atoms with E-state index in [4.69, 9.17) is 0 Å². The number of halogens is 1. The summed E-state index contributed by atoms with van der Waals surface area (Å²) >= 11 is 4.92. The monoisotopic (exact) mass is 324 g/mol. The van der Waals surface area contributed by atoms with Gasteiger partial charge in [-0.3, -0.25) is 4.79 Å². The summed E-state index contributed by atoms with van der Waals surface area (Å²) in [6, 6.07) is 5.80. The molecule has 0 unspecified atom stereocenters. The van der Waals surface area contributed by atoms with Crippen molar-refractivity contribution in [2.45, 2.75) is 20.3 Å². The number of thiazole rings is 1. The van der Waals surface area contributed by atoms with Crippen LogP contribution in [0.1, 0.15) is 16.1 Å². The Bertz CT molecular complexity index is 580.